The molecule has 0 aliphatic rings. The highest BCUT2D eigenvalue weighted by Gasteiger charge is 2.10. The molecule has 0 heterocycles. The van der Waals surface area contributed by atoms with Crippen LogP contribution in [0.4, 0.5) is 0 Å². The Hall–Kier alpha value is -1.35. The van der Waals surface area contributed by atoms with Crippen LogP contribution in [0.25, 0.3) is 0 Å². The van der Waals surface area contributed by atoms with Gasteiger partial charge in [-0.25, -0.2) is 0 Å². The second-order valence-electron chi connectivity index (χ2n) is 3.77. The highest BCUT2D eigenvalue weighted by atomic mass is 16.5. The maximum Gasteiger partial charge on any atom is 0.322 e. The lowest BCUT2D eigenvalue weighted by Gasteiger charge is -2.11. The van der Waals surface area contributed by atoms with E-state index in [0.29, 0.717) is 6.61 Å². The summed E-state index contributed by atoms with van der Waals surface area (Å²) in [5, 5.41) is 0. The number of nitrogens with two attached hydrogens (primary N) is 1. The van der Waals surface area contributed by atoms with Gasteiger partial charge in [0.2, 0.25) is 0 Å². The van der Waals surface area contributed by atoms with Gasteiger partial charge in [-0.2, -0.15) is 0 Å². The van der Waals surface area contributed by atoms with Crippen molar-refractivity contribution >= 4 is 5.97 Å². The fraction of sp³-hybridized carbons (Fsp3) is 0.417. The van der Waals surface area contributed by atoms with E-state index in [2.05, 4.69) is 0 Å². The smallest absolute Gasteiger partial charge is 0.322 e. The summed E-state index contributed by atoms with van der Waals surface area (Å²) < 4.78 is 5.09. The summed E-state index contributed by atoms with van der Waals surface area (Å²) in [5.41, 5.74) is 8.73. The molecule has 0 saturated carbocycles. The van der Waals surface area contributed by atoms with Gasteiger partial charge in [0, 0.05) is 0 Å². The largest absolute Gasteiger partial charge is 0.460 e. The highest BCUT2D eigenvalue weighted by molar-refractivity contribution is 5.74. The third kappa shape index (κ3) is 3.06. The number of hydrogen-bond donors (Lipinski definition) is 1. The van der Waals surface area contributed by atoms with E-state index in [0.717, 1.165) is 16.7 Å². The van der Waals surface area contributed by atoms with Gasteiger partial charge in [-0.3, -0.25) is 4.79 Å². The molecule has 0 aromatic heterocycles. The molecule has 1 aromatic rings. The molecule has 3 nitrogen and oxygen atoms in total. The molecule has 1 aromatic carbocycles. The van der Waals surface area contributed by atoms with Crippen molar-refractivity contribution in [3.63, 3.8) is 0 Å². The zero-order chi connectivity index (χ0) is 11.4. The molecule has 0 aliphatic carbocycles. The van der Waals surface area contributed by atoms with E-state index in [1.165, 1.54) is 0 Å². The van der Waals surface area contributed by atoms with Gasteiger partial charge in [0.1, 0.15) is 12.6 Å². The Balaban J connectivity index is 2.69. The standard InChI is InChI=1S/C12H17NO2/c1-8-5-4-6-9(2)11(8)7-15-12(14)10(3)13/h4-6,10H,7,13H2,1-3H3/t10-/m0/s1. The topological polar surface area (TPSA) is 52.3 Å². The summed E-state index contributed by atoms with van der Waals surface area (Å²) >= 11 is 0. The van der Waals surface area contributed by atoms with E-state index < -0.39 is 6.04 Å². The maximum atomic E-state index is 11.2. The fourth-order valence-electron chi connectivity index (χ4n) is 1.35. The van der Waals surface area contributed by atoms with Crippen LogP contribution in [-0.2, 0) is 16.1 Å². The summed E-state index contributed by atoms with van der Waals surface area (Å²) in [6.45, 7) is 5.93. The van der Waals surface area contributed by atoms with Crippen molar-refractivity contribution in [2.24, 2.45) is 5.73 Å². The van der Waals surface area contributed by atoms with Gasteiger partial charge in [-0.05, 0) is 37.5 Å². The highest BCUT2D eigenvalue weighted by Crippen LogP contribution is 2.14. The predicted molar refractivity (Wildman–Crippen MR) is 59.4 cm³/mol. The Bertz CT molecular complexity index is 338. The Morgan fingerprint density at radius 2 is 1.93 bits per heavy atom. The predicted octanol–water partition coefficient (Wildman–Crippen LogP) is 1.69. The van der Waals surface area contributed by atoms with E-state index in [-0.39, 0.29) is 5.97 Å². The Labute approximate surface area is 90.2 Å². The first-order chi connectivity index (χ1) is 7.02. The van der Waals surface area contributed by atoms with Crippen molar-refractivity contribution in [3.05, 3.63) is 34.9 Å². The summed E-state index contributed by atoms with van der Waals surface area (Å²) in [5.74, 6) is -0.363. The molecule has 15 heavy (non-hydrogen) atoms. The second-order valence-corrected chi connectivity index (χ2v) is 3.77. The van der Waals surface area contributed by atoms with Gasteiger partial charge in [-0.15, -0.1) is 0 Å². The molecule has 0 saturated heterocycles. The Morgan fingerprint density at radius 1 is 1.40 bits per heavy atom. The van der Waals surface area contributed by atoms with Crippen LogP contribution in [0.5, 0.6) is 0 Å². The van der Waals surface area contributed by atoms with Crippen molar-refractivity contribution in [3.8, 4) is 0 Å². The SMILES string of the molecule is Cc1cccc(C)c1COC(=O)[C@H](C)N. The monoisotopic (exact) mass is 207 g/mol. The van der Waals surface area contributed by atoms with Crippen LogP contribution in [0, 0.1) is 13.8 Å². The number of ether oxygens (including phenoxy) is 1. The minimum Gasteiger partial charge on any atom is -0.460 e. The molecule has 0 radical (unpaired) electrons. The first-order valence-electron chi connectivity index (χ1n) is 4.99. The third-order valence-corrected chi connectivity index (χ3v) is 2.38. The van der Waals surface area contributed by atoms with Gasteiger partial charge in [-0.1, -0.05) is 18.2 Å². The zero-order valence-electron chi connectivity index (χ0n) is 9.41. The van der Waals surface area contributed by atoms with Crippen molar-refractivity contribution in [1.82, 2.24) is 0 Å². The molecular formula is C12H17NO2. The zero-order valence-corrected chi connectivity index (χ0v) is 9.41. The molecule has 82 valence electrons. The third-order valence-electron chi connectivity index (χ3n) is 2.38. The lowest BCUT2D eigenvalue weighted by atomic mass is 10.0. The molecule has 1 rings (SSSR count). The summed E-state index contributed by atoms with van der Waals surface area (Å²) in [6, 6.07) is 5.43. The second kappa shape index (κ2) is 4.94. The molecule has 2 N–H and O–H groups in total. The number of aryl methyl sites for hydroxylation is 2. The number of carbonyl (C=O) groups is 1. The van der Waals surface area contributed by atoms with E-state index in [4.69, 9.17) is 10.5 Å². The minimum absolute atomic E-state index is 0.304. The van der Waals surface area contributed by atoms with Crippen molar-refractivity contribution in [2.45, 2.75) is 33.4 Å². The maximum absolute atomic E-state index is 11.2. The van der Waals surface area contributed by atoms with Crippen molar-refractivity contribution < 1.29 is 9.53 Å². The van der Waals surface area contributed by atoms with Crippen LogP contribution < -0.4 is 5.73 Å². The molecule has 3 heteroatoms. The first kappa shape index (κ1) is 11.7. The minimum atomic E-state index is -0.561. The summed E-state index contributed by atoms with van der Waals surface area (Å²) in [6.07, 6.45) is 0. The quantitative estimate of drug-likeness (QED) is 0.767. The van der Waals surface area contributed by atoms with E-state index in [1.54, 1.807) is 6.92 Å². The van der Waals surface area contributed by atoms with Gasteiger partial charge in [0.05, 0.1) is 0 Å². The summed E-state index contributed by atoms with van der Waals surface area (Å²) in [4.78, 5) is 11.2. The number of hydrogen-bond acceptors (Lipinski definition) is 3. The Morgan fingerprint density at radius 3 is 2.40 bits per heavy atom. The molecule has 1 atom stereocenters. The number of rotatable bonds is 3. The number of esters is 1. The van der Waals surface area contributed by atoms with Crippen molar-refractivity contribution in [2.75, 3.05) is 0 Å². The molecule has 0 spiro atoms. The summed E-state index contributed by atoms with van der Waals surface area (Å²) in [7, 11) is 0. The molecule has 0 aliphatic heterocycles. The average molecular weight is 207 g/mol. The molecule has 0 unspecified atom stereocenters. The average Bonchev–Trinajstić information content (AvgIpc) is 2.16. The van der Waals surface area contributed by atoms with Gasteiger partial charge >= 0.3 is 5.97 Å². The van der Waals surface area contributed by atoms with Crippen LogP contribution in [0.3, 0.4) is 0 Å². The van der Waals surface area contributed by atoms with Crippen LogP contribution in [-0.4, -0.2) is 12.0 Å². The normalized spacial score (nSPS) is 12.3. The van der Waals surface area contributed by atoms with Crippen LogP contribution in [0.2, 0.25) is 0 Å². The van der Waals surface area contributed by atoms with Gasteiger partial charge in [0.15, 0.2) is 0 Å². The van der Waals surface area contributed by atoms with Crippen LogP contribution >= 0.6 is 0 Å². The molecule has 0 amide bonds. The van der Waals surface area contributed by atoms with Crippen molar-refractivity contribution in [1.29, 1.82) is 0 Å². The van der Waals surface area contributed by atoms with E-state index in [1.807, 2.05) is 32.0 Å². The van der Waals surface area contributed by atoms with Gasteiger partial charge < -0.3 is 10.5 Å². The molecule has 0 bridgehead atoms. The lowest BCUT2D eigenvalue weighted by molar-refractivity contribution is -0.146. The number of benzene rings is 1. The first-order valence-corrected chi connectivity index (χ1v) is 4.99. The molecule has 0 fully saturated rings. The molecular weight excluding hydrogens is 190 g/mol. The van der Waals surface area contributed by atoms with E-state index in [9.17, 15) is 4.79 Å². The lowest BCUT2D eigenvalue weighted by Crippen LogP contribution is -2.28. The van der Waals surface area contributed by atoms with Crippen LogP contribution in [0.15, 0.2) is 18.2 Å². The Kier molecular flexibility index (Phi) is 3.86. The number of carbonyl (C=O) groups excluding carboxylic acids is 1. The van der Waals surface area contributed by atoms with Gasteiger partial charge in [0.25, 0.3) is 0 Å². The van der Waals surface area contributed by atoms with Crippen LogP contribution in [0.1, 0.15) is 23.6 Å². The van der Waals surface area contributed by atoms with E-state index >= 15 is 0 Å². The fourth-order valence-corrected chi connectivity index (χ4v) is 1.35.